The Hall–Kier alpha value is -4.11. The second-order valence-electron chi connectivity index (χ2n) is 8.64. The molecule has 0 aliphatic carbocycles. The normalized spacial score (nSPS) is 12.5. The highest BCUT2D eigenvalue weighted by atomic mass is 32.2. The van der Waals surface area contributed by atoms with Gasteiger partial charge in [0.25, 0.3) is 10.0 Å². The van der Waals surface area contributed by atoms with Crippen LogP contribution in [0.4, 0.5) is 18.9 Å². The van der Waals surface area contributed by atoms with Crippen molar-refractivity contribution in [1.29, 1.82) is 0 Å². The third-order valence-electron chi connectivity index (χ3n) is 6.02. The van der Waals surface area contributed by atoms with E-state index in [0.717, 1.165) is 34.9 Å². The topological polar surface area (TPSA) is 66.5 Å². The molecule has 0 aromatic heterocycles. The van der Waals surface area contributed by atoms with Gasteiger partial charge >= 0.3 is 6.18 Å². The number of nitrogens with zero attached hydrogens (tertiary/aromatic N) is 1. The molecular weight excluding hydrogens is 513 g/mol. The highest BCUT2D eigenvalue weighted by Gasteiger charge is 2.33. The number of halogens is 3. The second kappa shape index (κ2) is 11.1. The van der Waals surface area contributed by atoms with Crippen LogP contribution in [0.15, 0.2) is 114 Å². The van der Waals surface area contributed by atoms with Crippen LogP contribution < -0.4 is 9.62 Å². The van der Waals surface area contributed by atoms with Gasteiger partial charge in [-0.2, -0.15) is 13.2 Å². The number of anilines is 1. The lowest BCUT2D eigenvalue weighted by atomic mass is 9.95. The van der Waals surface area contributed by atoms with E-state index in [9.17, 15) is 26.4 Å². The summed E-state index contributed by atoms with van der Waals surface area (Å²) in [5.74, 6) is -0.681. The molecule has 1 amide bonds. The van der Waals surface area contributed by atoms with Crippen molar-refractivity contribution in [3.05, 3.63) is 131 Å². The van der Waals surface area contributed by atoms with Crippen molar-refractivity contribution < 1.29 is 26.4 Å². The Bertz CT molecular complexity index is 1510. The zero-order valence-electron chi connectivity index (χ0n) is 20.4. The fourth-order valence-corrected chi connectivity index (χ4v) is 5.54. The van der Waals surface area contributed by atoms with Crippen molar-refractivity contribution in [2.45, 2.75) is 24.0 Å². The average molecular weight is 539 g/mol. The summed E-state index contributed by atoms with van der Waals surface area (Å²) in [5.41, 5.74) is 1.19. The first-order chi connectivity index (χ1) is 18.1. The van der Waals surface area contributed by atoms with Gasteiger partial charge in [0.15, 0.2) is 0 Å². The molecule has 196 valence electrons. The minimum absolute atomic E-state index is 0.149. The molecule has 0 bridgehead atoms. The third-order valence-corrected chi connectivity index (χ3v) is 7.81. The number of hydrogen-bond acceptors (Lipinski definition) is 3. The molecule has 0 saturated carbocycles. The Morgan fingerprint density at radius 2 is 1.45 bits per heavy atom. The summed E-state index contributed by atoms with van der Waals surface area (Å²) in [4.78, 5) is 13.3. The second-order valence-corrected chi connectivity index (χ2v) is 10.5. The number of aryl methyl sites for hydroxylation is 1. The maximum atomic E-state index is 13.6. The van der Waals surface area contributed by atoms with Crippen molar-refractivity contribution in [1.82, 2.24) is 5.32 Å². The molecule has 38 heavy (non-hydrogen) atoms. The number of hydrogen-bond donors (Lipinski definition) is 1. The van der Waals surface area contributed by atoms with Gasteiger partial charge in [0.2, 0.25) is 5.91 Å². The predicted octanol–water partition coefficient (Wildman–Crippen LogP) is 6.11. The van der Waals surface area contributed by atoms with E-state index in [1.165, 1.54) is 30.3 Å². The zero-order valence-corrected chi connectivity index (χ0v) is 21.2. The molecule has 4 aromatic carbocycles. The number of amides is 1. The average Bonchev–Trinajstić information content (AvgIpc) is 2.91. The molecule has 0 saturated heterocycles. The van der Waals surface area contributed by atoms with Crippen LogP contribution in [0.25, 0.3) is 0 Å². The monoisotopic (exact) mass is 538 g/mol. The summed E-state index contributed by atoms with van der Waals surface area (Å²) in [7, 11) is -4.38. The molecule has 0 spiro atoms. The van der Waals surface area contributed by atoms with Crippen molar-refractivity contribution in [3.63, 3.8) is 0 Å². The number of carbonyl (C=O) groups is 1. The van der Waals surface area contributed by atoms with Crippen molar-refractivity contribution in [2.24, 2.45) is 0 Å². The maximum Gasteiger partial charge on any atom is 0.416 e. The third kappa shape index (κ3) is 6.06. The molecule has 4 rings (SSSR count). The summed E-state index contributed by atoms with van der Waals surface area (Å²) in [6.45, 7) is 1.17. The van der Waals surface area contributed by atoms with Crippen molar-refractivity contribution >= 4 is 21.6 Å². The highest BCUT2D eigenvalue weighted by molar-refractivity contribution is 7.92. The Morgan fingerprint density at radius 1 is 0.842 bits per heavy atom. The first kappa shape index (κ1) is 26.9. The Kier molecular flexibility index (Phi) is 7.87. The molecule has 0 aliphatic heterocycles. The Morgan fingerprint density at radius 3 is 2.08 bits per heavy atom. The molecule has 0 radical (unpaired) electrons. The van der Waals surface area contributed by atoms with E-state index in [4.69, 9.17) is 0 Å². The number of nitrogens with one attached hydrogen (secondary N) is 1. The van der Waals surface area contributed by atoms with Crippen LogP contribution in [0.5, 0.6) is 0 Å². The predicted molar refractivity (Wildman–Crippen MR) is 140 cm³/mol. The van der Waals surface area contributed by atoms with Crippen LogP contribution in [0, 0.1) is 6.92 Å². The molecule has 0 unspecified atom stereocenters. The highest BCUT2D eigenvalue weighted by Crippen LogP contribution is 2.33. The van der Waals surface area contributed by atoms with Gasteiger partial charge in [-0.25, -0.2) is 8.42 Å². The van der Waals surface area contributed by atoms with E-state index in [1.807, 2.05) is 61.5 Å². The number of carbonyl (C=O) groups excluding carboxylic acids is 1. The number of benzene rings is 4. The largest absolute Gasteiger partial charge is 0.416 e. The lowest BCUT2D eigenvalue weighted by Gasteiger charge is -2.27. The van der Waals surface area contributed by atoms with Gasteiger partial charge in [-0.3, -0.25) is 9.10 Å². The van der Waals surface area contributed by atoms with Gasteiger partial charge in [0.1, 0.15) is 6.54 Å². The molecule has 4 aromatic rings. The first-order valence-corrected chi connectivity index (χ1v) is 13.2. The molecule has 0 aliphatic rings. The van der Waals surface area contributed by atoms with E-state index in [-0.39, 0.29) is 10.6 Å². The van der Waals surface area contributed by atoms with Crippen molar-refractivity contribution in [2.75, 3.05) is 10.8 Å². The fraction of sp³-hybridized carbons (Fsp3) is 0.138. The standard InChI is InChI=1S/C29H25F3N2O3S/c1-21-11-8-9-18-26(21)28(22-12-4-2-5-13-22)33-27(35)20-34(38(36,37)25-16-6-3-7-17-25)24-15-10-14-23(19-24)29(30,31)32/h2-19,28H,20H2,1H3,(H,33,35)/t28-/m0/s1. The summed E-state index contributed by atoms with van der Waals surface area (Å²) < 4.78 is 68.2. The minimum atomic E-state index is -4.69. The Labute approximate surface area is 219 Å². The zero-order chi connectivity index (χ0) is 27.3. The van der Waals surface area contributed by atoms with Crippen LogP contribution >= 0.6 is 0 Å². The molecule has 9 heteroatoms. The lowest BCUT2D eigenvalue weighted by molar-refractivity contribution is -0.137. The summed E-state index contributed by atoms with van der Waals surface area (Å²) in [6, 6.07) is 27.2. The molecule has 5 nitrogen and oxygen atoms in total. The quantitative estimate of drug-likeness (QED) is 0.294. The minimum Gasteiger partial charge on any atom is -0.344 e. The summed E-state index contributed by atoms with van der Waals surface area (Å²) >= 11 is 0. The van der Waals surface area contributed by atoms with Crippen LogP contribution in [0.1, 0.15) is 28.3 Å². The van der Waals surface area contributed by atoms with E-state index >= 15 is 0 Å². The van der Waals surface area contributed by atoms with E-state index < -0.39 is 40.3 Å². The molecule has 0 heterocycles. The van der Waals surface area contributed by atoms with Crippen LogP contribution in [0.3, 0.4) is 0 Å². The van der Waals surface area contributed by atoms with Crippen molar-refractivity contribution in [3.8, 4) is 0 Å². The SMILES string of the molecule is Cc1ccccc1[C@@H](NC(=O)CN(c1cccc(C(F)(F)F)c1)S(=O)(=O)c1ccccc1)c1ccccc1. The van der Waals surface area contributed by atoms with Crippen LogP contribution in [0.2, 0.25) is 0 Å². The van der Waals surface area contributed by atoms with Gasteiger partial charge < -0.3 is 5.32 Å². The number of alkyl halides is 3. The Balaban J connectivity index is 1.73. The number of sulfonamides is 1. The molecule has 0 fully saturated rings. The maximum absolute atomic E-state index is 13.6. The smallest absolute Gasteiger partial charge is 0.344 e. The van der Waals surface area contributed by atoms with Gasteiger partial charge in [0, 0.05) is 0 Å². The van der Waals surface area contributed by atoms with Crippen LogP contribution in [-0.4, -0.2) is 20.9 Å². The molecule has 1 atom stereocenters. The van der Waals surface area contributed by atoms with Gasteiger partial charge in [-0.05, 0) is 53.9 Å². The fourth-order valence-electron chi connectivity index (χ4n) is 4.11. The number of rotatable bonds is 8. The molecular formula is C29H25F3N2O3S. The van der Waals surface area contributed by atoms with E-state index in [0.29, 0.717) is 4.31 Å². The van der Waals surface area contributed by atoms with E-state index in [2.05, 4.69) is 5.32 Å². The summed E-state index contributed by atoms with van der Waals surface area (Å²) in [6.07, 6.45) is -4.69. The van der Waals surface area contributed by atoms with Gasteiger partial charge in [0.05, 0.1) is 22.2 Å². The van der Waals surface area contributed by atoms with Gasteiger partial charge in [-0.1, -0.05) is 78.9 Å². The first-order valence-electron chi connectivity index (χ1n) is 11.7. The molecule has 1 N–H and O–H groups in total. The van der Waals surface area contributed by atoms with E-state index in [1.54, 1.807) is 6.07 Å². The lowest BCUT2D eigenvalue weighted by Crippen LogP contribution is -2.42. The van der Waals surface area contributed by atoms with Crippen LogP contribution in [-0.2, 0) is 21.0 Å². The van der Waals surface area contributed by atoms with Gasteiger partial charge in [-0.15, -0.1) is 0 Å². The summed E-state index contributed by atoms with van der Waals surface area (Å²) in [5, 5.41) is 2.89.